The Labute approximate surface area is 94.9 Å². The van der Waals surface area contributed by atoms with Gasteiger partial charge in [-0.3, -0.25) is 4.79 Å². The van der Waals surface area contributed by atoms with Crippen LogP contribution in [0.5, 0.6) is 0 Å². The molecule has 0 aliphatic carbocycles. The second-order valence-electron chi connectivity index (χ2n) is 3.70. The zero-order chi connectivity index (χ0) is 13.2. The second kappa shape index (κ2) is 4.73. The fraction of sp³-hybridized carbons (Fsp3) is 0.364. The maximum atomic E-state index is 12.6. The van der Waals surface area contributed by atoms with Crippen molar-refractivity contribution in [3.05, 3.63) is 35.6 Å². The molecule has 0 saturated carbocycles. The summed E-state index contributed by atoms with van der Waals surface area (Å²) in [5.74, 6) is -5.97. The highest BCUT2D eigenvalue weighted by Gasteiger charge is 2.44. The van der Waals surface area contributed by atoms with E-state index in [4.69, 9.17) is 5.11 Å². The molecule has 0 spiro atoms. The third kappa shape index (κ3) is 3.18. The molecule has 0 amide bonds. The molecule has 0 aromatic heterocycles. The Kier molecular flexibility index (Phi) is 3.75. The first-order valence-corrected chi connectivity index (χ1v) is 4.78. The van der Waals surface area contributed by atoms with Crippen LogP contribution in [0.3, 0.4) is 0 Å². The summed E-state index contributed by atoms with van der Waals surface area (Å²) in [6.45, 7) is 0.794. The average molecular weight is 250 g/mol. The number of halogens is 4. The maximum Gasteiger partial charge on any atom is 0.392 e. The molecule has 1 rings (SSSR count). The van der Waals surface area contributed by atoms with Gasteiger partial charge >= 0.3 is 12.1 Å². The topological polar surface area (TPSA) is 37.3 Å². The van der Waals surface area contributed by atoms with Crippen LogP contribution in [0.15, 0.2) is 24.3 Å². The van der Waals surface area contributed by atoms with Gasteiger partial charge in [-0.25, -0.2) is 4.39 Å². The van der Waals surface area contributed by atoms with Gasteiger partial charge in [0.15, 0.2) is 0 Å². The van der Waals surface area contributed by atoms with E-state index in [1.165, 1.54) is 0 Å². The van der Waals surface area contributed by atoms with Crippen LogP contribution in [0, 0.1) is 11.7 Å². The lowest BCUT2D eigenvalue weighted by molar-refractivity contribution is -0.183. The lowest BCUT2D eigenvalue weighted by atomic mass is 9.87. The molecule has 0 aliphatic rings. The van der Waals surface area contributed by atoms with Crippen molar-refractivity contribution >= 4 is 5.97 Å². The summed E-state index contributed by atoms with van der Waals surface area (Å²) in [7, 11) is 0. The fourth-order valence-electron chi connectivity index (χ4n) is 1.50. The van der Waals surface area contributed by atoms with Crippen LogP contribution in [0.4, 0.5) is 17.6 Å². The molecule has 94 valence electrons. The molecular formula is C11H10F4O2. The van der Waals surface area contributed by atoms with E-state index >= 15 is 0 Å². The van der Waals surface area contributed by atoms with Gasteiger partial charge in [0.25, 0.3) is 0 Å². The minimum atomic E-state index is -4.61. The van der Waals surface area contributed by atoms with Crippen LogP contribution in [-0.2, 0) is 4.79 Å². The average Bonchev–Trinajstić information content (AvgIpc) is 2.19. The summed E-state index contributed by atoms with van der Waals surface area (Å²) < 4.78 is 50.1. The van der Waals surface area contributed by atoms with Gasteiger partial charge in [-0.15, -0.1) is 0 Å². The van der Waals surface area contributed by atoms with Crippen molar-refractivity contribution in [3.8, 4) is 0 Å². The standard InChI is InChI=1S/C11H10F4O2/c1-6(11(13,14)15)9(10(16)17)7-2-4-8(12)5-3-7/h2-6,9H,1H3,(H,16,17)/t6-,9+/m1/s1. The van der Waals surface area contributed by atoms with Crippen LogP contribution in [0.1, 0.15) is 18.4 Å². The third-order valence-corrected chi connectivity index (χ3v) is 2.51. The normalized spacial score (nSPS) is 15.4. The molecule has 2 atom stereocenters. The van der Waals surface area contributed by atoms with Crippen molar-refractivity contribution < 1.29 is 27.5 Å². The minimum Gasteiger partial charge on any atom is -0.481 e. The van der Waals surface area contributed by atoms with E-state index in [-0.39, 0.29) is 5.56 Å². The first-order chi connectivity index (χ1) is 7.73. The van der Waals surface area contributed by atoms with Gasteiger partial charge in [0.05, 0.1) is 11.8 Å². The van der Waals surface area contributed by atoms with E-state index in [1.54, 1.807) is 0 Å². The number of benzene rings is 1. The van der Waals surface area contributed by atoms with Gasteiger partial charge in [-0.05, 0) is 17.7 Å². The maximum absolute atomic E-state index is 12.6. The number of carbonyl (C=O) groups is 1. The number of carboxylic acid groups (broad SMARTS) is 1. The highest BCUT2D eigenvalue weighted by molar-refractivity contribution is 5.76. The van der Waals surface area contributed by atoms with Crippen LogP contribution < -0.4 is 0 Å². The molecule has 1 aromatic carbocycles. The van der Waals surface area contributed by atoms with Crippen LogP contribution in [0.2, 0.25) is 0 Å². The summed E-state index contributed by atoms with van der Waals surface area (Å²) >= 11 is 0. The molecule has 2 nitrogen and oxygen atoms in total. The van der Waals surface area contributed by atoms with Crippen molar-refractivity contribution in [3.63, 3.8) is 0 Å². The molecule has 0 bridgehead atoms. The minimum absolute atomic E-state index is 0.0660. The summed E-state index contributed by atoms with van der Waals surface area (Å²) in [6.07, 6.45) is -4.61. The molecule has 0 saturated heterocycles. The Morgan fingerprint density at radius 1 is 1.24 bits per heavy atom. The number of alkyl halides is 3. The first-order valence-electron chi connectivity index (χ1n) is 4.78. The van der Waals surface area contributed by atoms with E-state index in [1.807, 2.05) is 0 Å². The summed E-state index contributed by atoms with van der Waals surface area (Å²) in [6, 6.07) is 3.98. The zero-order valence-corrected chi connectivity index (χ0v) is 8.83. The number of aliphatic carboxylic acids is 1. The van der Waals surface area contributed by atoms with Gasteiger partial charge in [-0.2, -0.15) is 13.2 Å². The smallest absolute Gasteiger partial charge is 0.392 e. The predicted octanol–water partition coefficient (Wildman–Crippen LogP) is 3.19. The second-order valence-corrected chi connectivity index (χ2v) is 3.70. The van der Waals surface area contributed by atoms with E-state index < -0.39 is 29.8 Å². The molecule has 1 N–H and O–H groups in total. The SMILES string of the molecule is C[C@H]([C@H](C(=O)O)c1ccc(F)cc1)C(F)(F)F. The monoisotopic (exact) mass is 250 g/mol. The predicted molar refractivity (Wildman–Crippen MR) is 52.0 cm³/mol. The molecule has 0 unspecified atom stereocenters. The highest BCUT2D eigenvalue weighted by Crippen LogP contribution is 2.37. The van der Waals surface area contributed by atoms with Crippen LogP contribution in [0.25, 0.3) is 0 Å². The Balaban J connectivity index is 3.10. The van der Waals surface area contributed by atoms with Crippen molar-refractivity contribution in [2.24, 2.45) is 5.92 Å². The van der Waals surface area contributed by atoms with E-state index in [9.17, 15) is 22.4 Å². The molecular weight excluding hydrogens is 240 g/mol. The van der Waals surface area contributed by atoms with Gasteiger partial charge < -0.3 is 5.11 Å². The molecule has 0 fully saturated rings. The first kappa shape index (κ1) is 13.5. The lowest BCUT2D eigenvalue weighted by Crippen LogP contribution is -2.31. The highest BCUT2D eigenvalue weighted by atomic mass is 19.4. The van der Waals surface area contributed by atoms with Crippen molar-refractivity contribution in [1.82, 2.24) is 0 Å². The van der Waals surface area contributed by atoms with Gasteiger partial charge in [-0.1, -0.05) is 19.1 Å². The molecule has 0 aliphatic heterocycles. The Hall–Kier alpha value is -1.59. The largest absolute Gasteiger partial charge is 0.481 e. The Bertz CT molecular complexity index is 397. The van der Waals surface area contributed by atoms with Crippen LogP contribution in [-0.4, -0.2) is 17.3 Å². The summed E-state index contributed by atoms with van der Waals surface area (Å²) in [5, 5.41) is 8.84. The van der Waals surface area contributed by atoms with Gasteiger partial charge in [0.2, 0.25) is 0 Å². The Morgan fingerprint density at radius 2 is 1.71 bits per heavy atom. The van der Waals surface area contributed by atoms with Crippen molar-refractivity contribution in [1.29, 1.82) is 0 Å². The van der Waals surface area contributed by atoms with Crippen molar-refractivity contribution in [2.75, 3.05) is 0 Å². The number of hydrogen-bond acceptors (Lipinski definition) is 1. The summed E-state index contributed by atoms with van der Waals surface area (Å²) in [4.78, 5) is 10.9. The molecule has 0 heterocycles. The number of carboxylic acids is 1. The summed E-state index contributed by atoms with van der Waals surface area (Å²) in [5.41, 5.74) is -0.0660. The van der Waals surface area contributed by atoms with E-state index in [2.05, 4.69) is 0 Å². The van der Waals surface area contributed by atoms with Crippen LogP contribution >= 0.6 is 0 Å². The fourth-order valence-corrected chi connectivity index (χ4v) is 1.50. The molecule has 1 aromatic rings. The van der Waals surface area contributed by atoms with Gasteiger partial charge in [0.1, 0.15) is 5.82 Å². The van der Waals surface area contributed by atoms with Gasteiger partial charge in [0, 0.05) is 0 Å². The van der Waals surface area contributed by atoms with E-state index in [0.29, 0.717) is 0 Å². The lowest BCUT2D eigenvalue weighted by Gasteiger charge is -2.22. The van der Waals surface area contributed by atoms with E-state index in [0.717, 1.165) is 31.2 Å². The zero-order valence-electron chi connectivity index (χ0n) is 8.83. The third-order valence-electron chi connectivity index (χ3n) is 2.51. The molecule has 17 heavy (non-hydrogen) atoms. The Morgan fingerprint density at radius 3 is 2.06 bits per heavy atom. The number of hydrogen-bond donors (Lipinski definition) is 1. The molecule has 6 heteroatoms. The molecule has 0 radical (unpaired) electrons. The van der Waals surface area contributed by atoms with Crippen molar-refractivity contribution in [2.45, 2.75) is 19.0 Å². The number of rotatable bonds is 3. The quantitative estimate of drug-likeness (QED) is 0.836.